The van der Waals surface area contributed by atoms with Crippen LogP contribution in [0.15, 0.2) is 18.2 Å². The zero-order chi connectivity index (χ0) is 29.6. The fraction of sp³-hybridized carbons (Fsp3) is 0.586. The van der Waals surface area contributed by atoms with Crippen LogP contribution in [0.5, 0.6) is 0 Å². The molecule has 0 saturated carbocycles. The third-order valence-corrected chi connectivity index (χ3v) is 9.05. The molecular formula is C29H37Cl3N6O3. The highest BCUT2D eigenvalue weighted by atomic mass is 35.5. The molecule has 12 heteroatoms. The summed E-state index contributed by atoms with van der Waals surface area (Å²) in [7, 11) is 0. The Morgan fingerprint density at radius 2 is 1.76 bits per heavy atom. The summed E-state index contributed by atoms with van der Waals surface area (Å²) in [6.45, 7) is 12.7. The number of aromatic nitrogens is 2. The topological polar surface area (TPSA) is 90.9 Å². The number of fused-ring (bicyclic) bond motifs is 1. The number of carbonyl (C=O) groups is 2. The number of amides is 2. The average molecular weight is 624 g/mol. The van der Waals surface area contributed by atoms with E-state index in [0.29, 0.717) is 70.4 Å². The van der Waals surface area contributed by atoms with Gasteiger partial charge in [0.1, 0.15) is 16.7 Å². The van der Waals surface area contributed by atoms with Crippen molar-refractivity contribution in [3.8, 4) is 0 Å². The fourth-order valence-corrected chi connectivity index (χ4v) is 6.74. The number of benzene rings is 1. The number of halogens is 3. The van der Waals surface area contributed by atoms with Gasteiger partial charge in [0, 0.05) is 54.6 Å². The Bertz CT molecular complexity index is 1320. The second-order valence-corrected chi connectivity index (χ2v) is 13.5. The molecule has 0 bridgehead atoms. The SMILES string of the molecule is Cc1nc(N2C[C@H]3CN(C(=O)[C@H]4CCCN4C(=O)OC(C)(C)C)C[C@H]3C2)nc(N[C@H](C)c2ccc(Cl)cc2Cl)c1Cl. The standard InChI is InChI=1S/C29H37Cl3N6O3/c1-16(21-9-8-20(30)11-22(21)31)33-25-24(32)17(2)34-27(35-25)37-14-18-12-36(13-19(18)15-37)26(39)23-7-6-10-38(23)28(40)41-29(3,4)5/h8-9,11,16,18-19,23H,6-7,10,12-15H2,1-5H3,(H,33,34,35)/t16-,18-,19+,23-/m1/s1. The van der Waals surface area contributed by atoms with Crippen LogP contribution in [-0.4, -0.2) is 76.1 Å². The molecule has 3 fully saturated rings. The number of rotatable bonds is 5. The molecule has 2 amide bonds. The molecule has 0 spiro atoms. The molecule has 4 heterocycles. The van der Waals surface area contributed by atoms with Gasteiger partial charge in [-0.1, -0.05) is 40.9 Å². The molecule has 0 unspecified atom stereocenters. The number of likely N-dealkylation sites (tertiary alicyclic amines) is 2. The first-order valence-corrected chi connectivity index (χ1v) is 15.2. The average Bonchev–Trinajstić information content (AvgIpc) is 3.60. The van der Waals surface area contributed by atoms with Crippen molar-refractivity contribution < 1.29 is 14.3 Å². The Morgan fingerprint density at radius 3 is 2.39 bits per heavy atom. The van der Waals surface area contributed by atoms with Crippen LogP contribution in [0.25, 0.3) is 0 Å². The Balaban J connectivity index is 1.23. The zero-order valence-electron chi connectivity index (χ0n) is 24.1. The Morgan fingerprint density at radius 1 is 1.07 bits per heavy atom. The van der Waals surface area contributed by atoms with E-state index in [1.807, 2.05) is 45.6 Å². The minimum Gasteiger partial charge on any atom is -0.444 e. The van der Waals surface area contributed by atoms with Crippen LogP contribution in [0.1, 0.15) is 57.8 Å². The normalized spacial score (nSPS) is 23.1. The molecular weight excluding hydrogens is 587 g/mol. The molecule has 1 N–H and O–H groups in total. The third kappa shape index (κ3) is 6.47. The van der Waals surface area contributed by atoms with Gasteiger partial charge in [-0.3, -0.25) is 9.69 Å². The van der Waals surface area contributed by atoms with E-state index in [0.717, 1.165) is 25.1 Å². The van der Waals surface area contributed by atoms with E-state index in [9.17, 15) is 9.59 Å². The number of hydrogen-bond donors (Lipinski definition) is 1. The molecule has 3 aliphatic heterocycles. The molecule has 2 aromatic rings. The fourth-order valence-electron chi connectivity index (χ4n) is 6.03. The number of nitrogens with zero attached hydrogens (tertiary/aromatic N) is 5. The predicted octanol–water partition coefficient (Wildman–Crippen LogP) is 6.21. The van der Waals surface area contributed by atoms with Gasteiger partial charge in [0.05, 0.1) is 11.7 Å². The predicted molar refractivity (Wildman–Crippen MR) is 162 cm³/mol. The number of ether oxygens (including phenoxy) is 1. The van der Waals surface area contributed by atoms with E-state index in [4.69, 9.17) is 44.5 Å². The highest BCUT2D eigenvalue weighted by Crippen LogP contribution is 2.37. The van der Waals surface area contributed by atoms with E-state index >= 15 is 0 Å². The van der Waals surface area contributed by atoms with Gasteiger partial charge < -0.3 is 19.9 Å². The lowest BCUT2D eigenvalue weighted by atomic mass is 10.0. The van der Waals surface area contributed by atoms with Crippen LogP contribution < -0.4 is 10.2 Å². The van der Waals surface area contributed by atoms with Crippen molar-refractivity contribution in [2.24, 2.45) is 11.8 Å². The van der Waals surface area contributed by atoms with E-state index in [2.05, 4.69) is 15.2 Å². The van der Waals surface area contributed by atoms with Crippen LogP contribution in [-0.2, 0) is 9.53 Å². The van der Waals surface area contributed by atoms with Crippen molar-refractivity contribution in [2.75, 3.05) is 42.9 Å². The van der Waals surface area contributed by atoms with Gasteiger partial charge in [-0.15, -0.1) is 0 Å². The maximum atomic E-state index is 13.5. The lowest BCUT2D eigenvalue weighted by Crippen LogP contribution is -2.49. The maximum Gasteiger partial charge on any atom is 0.410 e. The molecule has 41 heavy (non-hydrogen) atoms. The summed E-state index contributed by atoms with van der Waals surface area (Å²) in [5, 5.41) is 5.00. The minimum absolute atomic E-state index is 0.0224. The van der Waals surface area contributed by atoms with Crippen molar-refractivity contribution in [2.45, 2.75) is 65.1 Å². The van der Waals surface area contributed by atoms with Gasteiger partial charge in [-0.05, 0) is 65.2 Å². The summed E-state index contributed by atoms with van der Waals surface area (Å²) in [6, 6.07) is 4.80. The quantitative estimate of drug-likeness (QED) is 0.423. The molecule has 4 atom stereocenters. The summed E-state index contributed by atoms with van der Waals surface area (Å²) in [5.41, 5.74) is 0.976. The van der Waals surface area contributed by atoms with Crippen LogP contribution in [0.2, 0.25) is 15.1 Å². The molecule has 9 nitrogen and oxygen atoms in total. The summed E-state index contributed by atoms with van der Waals surface area (Å²) in [6.07, 6.45) is 1.06. The summed E-state index contributed by atoms with van der Waals surface area (Å²) >= 11 is 19.1. The zero-order valence-corrected chi connectivity index (χ0v) is 26.4. The second-order valence-electron chi connectivity index (χ2n) is 12.3. The number of nitrogens with one attached hydrogen (secondary N) is 1. The van der Waals surface area contributed by atoms with Gasteiger partial charge in [0.15, 0.2) is 5.82 Å². The van der Waals surface area contributed by atoms with Crippen molar-refractivity contribution in [1.82, 2.24) is 19.8 Å². The number of carbonyl (C=O) groups excluding carboxylic acids is 2. The number of aryl methyl sites for hydroxylation is 1. The third-order valence-electron chi connectivity index (χ3n) is 8.03. The largest absolute Gasteiger partial charge is 0.444 e. The van der Waals surface area contributed by atoms with Gasteiger partial charge >= 0.3 is 6.09 Å². The molecule has 0 radical (unpaired) electrons. The number of hydrogen-bond acceptors (Lipinski definition) is 7. The molecule has 1 aromatic carbocycles. The molecule has 5 rings (SSSR count). The molecule has 222 valence electrons. The van der Waals surface area contributed by atoms with Crippen molar-refractivity contribution in [3.05, 3.63) is 44.5 Å². The molecule has 1 aromatic heterocycles. The van der Waals surface area contributed by atoms with Gasteiger partial charge in [0.2, 0.25) is 11.9 Å². The summed E-state index contributed by atoms with van der Waals surface area (Å²) in [5.74, 6) is 1.79. The van der Waals surface area contributed by atoms with Crippen molar-refractivity contribution in [1.29, 1.82) is 0 Å². The Hall–Kier alpha value is -2.49. The first-order chi connectivity index (χ1) is 19.3. The maximum absolute atomic E-state index is 13.5. The van der Waals surface area contributed by atoms with E-state index < -0.39 is 17.7 Å². The van der Waals surface area contributed by atoms with Gasteiger partial charge in [0.25, 0.3) is 0 Å². The van der Waals surface area contributed by atoms with Crippen LogP contribution in [0.3, 0.4) is 0 Å². The monoisotopic (exact) mass is 622 g/mol. The lowest BCUT2D eigenvalue weighted by Gasteiger charge is -2.30. The summed E-state index contributed by atoms with van der Waals surface area (Å²) < 4.78 is 5.56. The molecule has 3 saturated heterocycles. The van der Waals surface area contributed by atoms with E-state index in [-0.39, 0.29) is 11.9 Å². The second kappa shape index (κ2) is 11.7. The van der Waals surface area contributed by atoms with Crippen molar-refractivity contribution >= 4 is 58.6 Å². The lowest BCUT2D eigenvalue weighted by molar-refractivity contribution is -0.135. The Kier molecular flexibility index (Phi) is 8.52. The van der Waals surface area contributed by atoms with Crippen LogP contribution in [0.4, 0.5) is 16.6 Å². The van der Waals surface area contributed by atoms with Crippen LogP contribution >= 0.6 is 34.8 Å². The molecule has 3 aliphatic rings. The number of anilines is 2. The highest BCUT2D eigenvalue weighted by Gasteiger charge is 2.46. The first-order valence-electron chi connectivity index (χ1n) is 14.1. The first kappa shape index (κ1) is 30.0. The van der Waals surface area contributed by atoms with E-state index in [1.165, 1.54) is 0 Å². The van der Waals surface area contributed by atoms with Gasteiger partial charge in [-0.25, -0.2) is 9.78 Å². The minimum atomic E-state index is -0.597. The van der Waals surface area contributed by atoms with Gasteiger partial charge in [-0.2, -0.15) is 4.98 Å². The van der Waals surface area contributed by atoms with E-state index in [1.54, 1.807) is 17.0 Å². The smallest absolute Gasteiger partial charge is 0.410 e. The Labute approximate surface area is 256 Å². The highest BCUT2D eigenvalue weighted by molar-refractivity contribution is 6.35. The van der Waals surface area contributed by atoms with Crippen LogP contribution in [0, 0.1) is 18.8 Å². The summed E-state index contributed by atoms with van der Waals surface area (Å²) in [4.78, 5) is 41.4. The van der Waals surface area contributed by atoms with Crippen molar-refractivity contribution in [3.63, 3.8) is 0 Å². The molecule has 0 aliphatic carbocycles.